The summed E-state index contributed by atoms with van der Waals surface area (Å²) in [6.45, 7) is 6.30. The van der Waals surface area contributed by atoms with Crippen LogP contribution < -0.4 is 16.5 Å². The minimum atomic E-state index is -4.18. The first-order valence-electron chi connectivity index (χ1n) is 9.84. The van der Waals surface area contributed by atoms with Crippen LogP contribution in [0, 0.1) is 5.92 Å². The maximum atomic E-state index is 13.1. The Kier molecular flexibility index (Phi) is 9.10. The molecule has 2 heterocycles. The number of carboxylic acid groups (broad SMARTS) is 1. The predicted molar refractivity (Wildman–Crippen MR) is 113 cm³/mol. The second kappa shape index (κ2) is 11.1. The summed E-state index contributed by atoms with van der Waals surface area (Å²) in [6, 6.07) is 0.0909. The van der Waals surface area contributed by atoms with Crippen LogP contribution in [0.15, 0.2) is 29.7 Å². The van der Waals surface area contributed by atoms with E-state index >= 15 is 0 Å². The van der Waals surface area contributed by atoms with Gasteiger partial charge in [0.25, 0.3) is 0 Å². The number of nitrogen functional groups attached to an aromatic ring is 1. The zero-order valence-corrected chi connectivity index (χ0v) is 18.6. The number of aliphatic carboxylic acids is 1. The zero-order valence-electron chi connectivity index (χ0n) is 17.7. The SMILES string of the molecule is C=CCOP(=O)(N[C@@H](CC(C)C)C(=O)O)OC[C@H]1O[C@@H](n2ccc(N)nc2=O)[C@H](O)[C@@H]1O. The van der Waals surface area contributed by atoms with Crippen LogP contribution in [0.4, 0.5) is 5.82 Å². The molecule has 180 valence electrons. The van der Waals surface area contributed by atoms with Gasteiger partial charge in [-0.3, -0.25) is 18.4 Å². The van der Waals surface area contributed by atoms with Gasteiger partial charge in [-0.15, -0.1) is 6.58 Å². The first-order chi connectivity index (χ1) is 15.0. The molecule has 0 aliphatic carbocycles. The molecule has 1 fully saturated rings. The minimum Gasteiger partial charge on any atom is -0.480 e. The number of aliphatic hydroxyl groups excluding tert-OH is 2. The number of carbonyl (C=O) groups is 1. The zero-order chi connectivity index (χ0) is 24.1. The second-order valence-electron chi connectivity index (χ2n) is 7.62. The van der Waals surface area contributed by atoms with E-state index in [-0.39, 0.29) is 24.8 Å². The van der Waals surface area contributed by atoms with E-state index < -0.39 is 56.6 Å². The van der Waals surface area contributed by atoms with Gasteiger partial charge in [0.05, 0.1) is 13.2 Å². The third kappa shape index (κ3) is 6.69. The van der Waals surface area contributed by atoms with Crippen molar-refractivity contribution in [3.8, 4) is 0 Å². The summed E-state index contributed by atoms with van der Waals surface area (Å²) in [5.74, 6) is -1.30. The Bertz CT molecular complexity index is 909. The van der Waals surface area contributed by atoms with Gasteiger partial charge in [0.15, 0.2) is 6.23 Å². The molecule has 0 spiro atoms. The molecule has 32 heavy (non-hydrogen) atoms. The minimum absolute atomic E-state index is 0.0278. The molecule has 6 N–H and O–H groups in total. The van der Waals surface area contributed by atoms with Crippen LogP contribution in [0.1, 0.15) is 26.5 Å². The quantitative estimate of drug-likeness (QED) is 0.198. The molecule has 1 saturated heterocycles. The first kappa shape index (κ1) is 26.1. The van der Waals surface area contributed by atoms with Crippen LogP contribution in [-0.4, -0.2) is 68.4 Å². The molecule has 14 heteroatoms. The lowest BCUT2D eigenvalue weighted by molar-refractivity contribution is -0.139. The third-order valence-electron chi connectivity index (χ3n) is 4.55. The maximum Gasteiger partial charge on any atom is 0.406 e. The summed E-state index contributed by atoms with van der Waals surface area (Å²) < 4.78 is 30.1. The number of nitrogens with zero attached hydrogens (tertiary/aromatic N) is 2. The van der Waals surface area contributed by atoms with Crippen molar-refractivity contribution in [2.75, 3.05) is 18.9 Å². The van der Waals surface area contributed by atoms with Crippen molar-refractivity contribution < 1.29 is 38.5 Å². The summed E-state index contributed by atoms with van der Waals surface area (Å²) in [6.07, 6.45) is -2.85. The van der Waals surface area contributed by atoms with Crippen LogP contribution in [0.25, 0.3) is 0 Å². The van der Waals surface area contributed by atoms with Crippen molar-refractivity contribution in [2.45, 2.75) is 50.8 Å². The van der Waals surface area contributed by atoms with E-state index in [2.05, 4.69) is 16.7 Å². The number of hydrogen-bond donors (Lipinski definition) is 5. The lowest BCUT2D eigenvalue weighted by Crippen LogP contribution is -2.38. The van der Waals surface area contributed by atoms with E-state index in [0.29, 0.717) is 0 Å². The highest BCUT2D eigenvalue weighted by molar-refractivity contribution is 7.51. The lowest BCUT2D eigenvalue weighted by atomic mass is 10.1. The third-order valence-corrected chi connectivity index (χ3v) is 6.16. The van der Waals surface area contributed by atoms with Gasteiger partial charge in [0.1, 0.15) is 30.2 Å². The summed E-state index contributed by atoms with van der Waals surface area (Å²) in [4.78, 5) is 27.1. The smallest absolute Gasteiger partial charge is 0.406 e. The molecule has 0 saturated carbocycles. The van der Waals surface area contributed by atoms with Crippen LogP contribution in [0.2, 0.25) is 0 Å². The van der Waals surface area contributed by atoms with Gasteiger partial charge in [-0.2, -0.15) is 4.98 Å². The van der Waals surface area contributed by atoms with Crippen molar-refractivity contribution in [2.24, 2.45) is 5.92 Å². The summed E-state index contributed by atoms with van der Waals surface area (Å²) >= 11 is 0. The Labute approximate surface area is 184 Å². The standard InChI is InChI=1S/C18H29N4O9P/c1-4-7-29-32(28,21-11(17(25)26)8-10(2)3)30-9-12-14(23)15(24)16(31-12)22-6-5-13(19)20-18(22)27/h4-6,10-12,14-16,23-24H,1,7-9H2,2-3H3,(H,21,28)(H,25,26)(H2,19,20,27)/t11-,12+,14+,15+,16+,32?/m0/s1. The van der Waals surface area contributed by atoms with E-state index in [1.165, 1.54) is 18.3 Å². The molecule has 1 aliphatic heterocycles. The molecule has 0 amide bonds. The van der Waals surface area contributed by atoms with E-state index in [0.717, 1.165) is 4.57 Å². The van der Waals surface area contributed by atoms with Gasteiger partial charge >= 0.3 is 19.4 Å². The Morgan fingerprint density at radius 2 is 2.12 bits per heavy atom. The molecule has 13 nitrogen and oxygen atoms in total. The van der Waals surface area contributed by atoms with Crippen molar-refractivity contribution >= 4 is 19.5 Å². The molecule has 0 radical (unpaired) electrons. The number of nitrogens with one attached hydrogen (secondary N) is 1. The summed E-state index contributed by atoms with van der Waals surface area (Å²) in [7, 11) is -4.18. The predicted octanol–water partition coefficient (Wildman–Crippen LogP) is -0.139. The van der Waals surface area contributed by atoms with Gasteiger partial charge in [0.2, 0.25) is 0 Å². The summed E-state index contributed by atoms with van der Waals surface area (Å²) in [5.41, 5.74) is 4.64. The summed E-state index contributed by atoms with van der Waals surface area (Å²) in [5, 5.41) is 32.4. The van der Waals surface area contributed by atoms with Gasteiger partial charge < -0.3 is 25.8 Å². The highest BCUT2D eigenvalue weighted by Gasteiger charge is 2.45. The van der Waals surface area contributed by atoms with Crippen LogP contribution in [0.5, 0.6) is 0 Å². The Morgan fingerprint density at radius 1 is 1.44 bits per heavy atom. The van der Waals surface area contributed by atoms with E-state index in [1.807, 2.05) is 0 Å². The number of anilines is 1. The van der Waals surface area contributed by atoms with Gasteiger partial charge in [-0.1, -0.05) is 19.9 Å². The van der Waals surface area contributed by atoms with Gasteiger partial charge in [0, 0.05) is 6.20 Å². The topological polar surface area (TPSA) is 195 Å². The molecule has 2 rings (SSSR count). The fourth-order valence-corrected chi connectivity index (χ4v) is 4.49. The number of rotatable bonds is 12. The van der Waals surface area contributed by atoms with Crippen LogP contribution >= 0.6 is 7.75 Å². The number of hydrogen-bond acceptors (Lipinski definition) is 10. The van der Waals surface area contributed by atoms with Gasteiger partial charge in [-0.25, -0.2) is 14.4 Å². The second-order valence-corrected chi connectivity index (χ2v) is 9.39. The van der Waals surface area contributed by atoms with Crippen molar-refractivity contribution in [1.82, 2.24) is 14.6 Å². The molecule has 1 aliphatic rings. The van der Waals surface area contributed by atoms with Crippen LogP contribution in [-0.2, 0) is 23.1 Å². The molecule has 6 atom stereocenters. The fraction of sp³-hybridized carbons (Fsp3) is 0.611. The lowest BCUT2D eigenvalue weighted by Gasteiger charge is -2.25. The van der Waals surface area contributed by atoms with E-state index in [1.54, 1.807) is 13.8 Å². The highest BCUT2D eigenvalue weighted by atomic mass is 31.2. The first-order valence-corrected chi connectivity index (χ1v) is 11.4. The monoisotopic (exact) mass is 476 g/mol. The van der Waals surface area contributed by atoms with Gasteiger partial charge in [-0.05, 0) is 18.4 Å². The normalized spacial score (nSPS) is 26.0. The Balaban J connectivity index is 2.14. The number of nitrogens with two attached hydrogens (primary N) is 1. The van der Waals surface area contributed by atoms with E-state index in [4.69, 9.17) is 19.5 Å². The number of aromatic nitrogens is 2. The molecular weight excluding hydrogens is 447 g/mol. The number of ether oxygens (including phenoxy) is 1. The highest BCUT2D eigenvalue weighted by Crippen LogP contribution is 2.45. The van der Waals surface area contributed by atoms with Crippen LogP contribution in [0.3, 0.4) is 0 Å². The van der Waals surface area contributed by atoms with Crippen molar-refractivity contribution in [1.29, 1.82) is 0 Å². The molecule has 0 aromatic carbocycles. The average molecular weight is 476 g/mol. The molecular formula is C18H29N4O9P. The van der Waals surface area contributed by atoms with Crippen molar-refractivity contribution in [3.63, 3.8) is 0 Å². The maximum absolute atomic E-state index is 13.1. The molecule has 1 unspecified atom stereocenters. The largest absolute Gasteiger partial charge is 0.480 e. The Hall–Kier alpha value is -2.12. The Morgan fingerprint density at radius 3 is 2.69 bits per heavy atom. The average Bonchev–Trinajstić information content (AvgIpc) is 2.98. The number of carboxylic acids is 1. The molecule has 1 aromatic heterocycles. The molecule has 0 bridgehead atoms. The number of aliphatic hydroxyl groups is 2. The molecule has 1 aromatic rings. The van der Waals surface area contributed by atoms with Crippen molar-refractivity contribution in [3.05, 3.63) is 35.4 Å². The van der Waals surface area contributed by atoms with E-state index in [9.17, 15) is 29.5 Å². The fourth-order valence-electron chi connectivity index (χ4n) is 3.02.